The van der Waals surface area contributed by atoms with E-state index in [1.165, 1.54) is 0 Å². The molecule has 0 rings (SSSR count). The van der Waals surface area contributed by atoms with Crippen LogP contribution in [-0.2, 0) is 0 Å². The van der Waals surface area contributed by atoms with Crippen LogP contribution in [0.1, 0.15) is 0 Å². The molecule has 0 saturated carbocycles. The average molecular weight is 723 g/mol. The Balaban J connectivity index is 0. The van der Waals surface area contributed by atoms with Crippen LogP contribution in [0.15, 0.2) is 0 Å². The molecule has 0 saturated heterocycles. The van der Waals surface area contributed by atoms with E-state index in [0.717, 1.165) is 0 Å². The second-order valence-electron chi connectivity index (χ2n) is 0.192. The van der Waals surface area contributed by atoms with Crippen molar-refractivity contribution in [1.29, 1.82) is 0 Å². The van der Waals surface area contributed by atoms with E-state index in [2.05, 4.69) is 54.1 Å². The van der Waals surface area contributed by atoms with Crippen molar-refractivity contribution in [3.63, 3.8) is 0 Å². The first kappa shape index (κ1) is 12.8. The average Bonchev–Trinajstić information content (AvgIpc) is 0.811. The Morgan fingerprint density at radius 2 is 1.00 bits per heavy atom. The molecule has 0 atom stereocenters. The number of halogens is 3. The van der Waals surface area contributed by atoms with Crippen LogP contribution in [0.2, 0.25) is 0 Å². The van der Waals surface area contributed by atoms with Crippen molar-refractivity contribution in [2.45, 2.75) is 0 Å². The van der Waals surface area contributed by atoms with Gasteiger partial charge in [-0.3, -0.25) is 0 Å². The predicted molar refractivity (Wildman–Crippen MR) is 53.6 cm³/mol. The molecular formula is BiCsI3. The van der Waals surface area contributed by atoms with Crippen molar-refractivity contribution < 1.29 is 0 Å². The van der Waals surface area contributed by atoms with Crippen molar-refractivity contribution in [2.24, 2.45) is 0 Å². The monoisotopic (exact) mass is 723 g/mol. The third-order valence-corrected chi connectivity index (χ3v) is 0. The van der Waals surface area contributed by atoms with Crippen molar-refractivity contribution in [2.75, 3.05) is 0 Å². The Bertz CT molecular complexity index is 11.6. The molecule has 0 aliphatic heterocycles. The molecule has 0 N–H and O–H groups in total. The number of hydrogen-bond acceptors (Lipinski definition) is 0. The summed E-state index contributed by atoms with van der Waals surface area (Å²) in [4.78, 5) is 0. The van der Waals surface area contributed by atoms with Gasteiger partial charge in [-0.2, -0.15) is 0 Å². The van der Waals surface area contributed by atoms with Gasteiger partial charge in [-0.25, -0.2) is 0 Å². The molecular weight excluding hydrogens is 723 g/mol. The van der Waals surface area contributed by atoms with E-state index in [1.807, 2.05) is 0 Å². The van der Waals surface area contributed by atoms with Gasteiger partial charge in [0, 0.05) is 68.9 Å². The molecule has 0 aromatic heterocycles. The van der Waals surface area contributed by atoms with Gasteiger partial charge in [0.25, 0.3) is 0 Å². The van der Waals surface area contributed by atoms with Crippen molar-refractivity contribution in [3.05, 3.63) is 0 Å². The van der Waals surface area contributed by atoms with Gasteiger partial charge in [-0.15, -0.1) is 0 Å². The van der Waals surface area contributed by atoms with E-state index >= 15 is 0 Å². The van der Waals surface area contributed by atoms with Crippen molar-refractivity contribution in [1.82, 2.24) is 0 Å². The summed E-state index contributed by atoms with van der Waals surface area (Å²) in [5.41, 5.74) is 0. The van der Waals surface area contributed by atoms with Crippen LogP contribution in [0.5, 0.6) is 0 Å². The number of rotatable bonds is 0. The molecule has 27 valence electrons. The molecule has 0 aromatic carbocycles. The fourth-order valence-corrected chi connectivity index (χ4v) is 0. The zero-order chi connectivity index (χ0) is 3.58. The minimum absolute atomic E-state index is 0. The molecule has 0 spiro atoms. The summed E-state index contributed by atoms with van der Waals surface area (Å²) in [7, 11) is -0.683. The molecule has 1 radical (unpaired) electrons. The van der Waals surface area contributed by atoms with Gasteiger partial charge in [0.2, 0.25) is 0 Å². The van der Waals surface area contributed by atoms with Gasteiger partial charge in [0.05, 0.1) is 0 Å². The summed E-state index contributed by atoms with van der Waals surface area (Å²) >= 11 is 7.56. The zero-order valence-electron chi connectivity index (χ0n) is 2.58. The van der Waals surface area contributed by atoms with Crippen LogP contribution in [0.3, 0.4) is 0 Å². The molecule has 0 nitrogen and oxygen atoms in total. The van der Waals surface area contributed by atoms with E-state index in [-0.39, 0.29) is 68.9 Å². The fourth-order valence-electron chi connectivity index (χ4n) is 0. The fraction of sp³-hybridized carbons (Fsp3) is 0. The molecule has 0 bridgehead atoms. The first-order chi connectivity index (χ1) is 1.73. The molecule has 5 heteroatoms. The minimum atomic E-state index is -0.683. The van der Waals surface area contributed by atoms with Crippen molar-refractivity contribution in [3.8, 4) is 0 Å². The number of hydrogen-bond donors (Lipinski definition) is 0. The first-order valence-electron chi connectivity index (χ1n) is 0.507. The van der Waals surface area contributed by atoms with Gasteiger partial charge < -0.3 is 0 Å². The van der Waals surface area contributed by atoms with E-state index in [4.69, 9.17) is 0 Å². The Hall–Kier alpha value is 5.13. The third-order valence-electron chi connectivity index (χ3n) is 0. The first-order valence-corrected chi connectivity index (χ1v) is 29.8. The van der Waals surface area contributed by atoms with Crippen molar-refractivity contribution >= 4 is 132 Å². The molecule has 0 amide bonds. The van der Waals surface area contributed by atoms with Crippen LogP contribution in [0, 0.1) is 0 Å². The summed E-state index contributed by atoms with van der Waals surface area (Å²) in [6.45, 7) is 0. The standard InChI is InChI=1S/Bi.Cs.3HI/h;;3*1H/q+3;;;;/p-3. The molecule has 0 unspecified atom stereocenters. The predicted octanol–water partition coefficient (Wildman–Crippen LogP) is 1.90. The van der Waals surface area contributed by atoms with E-state index < -0.39 is 9.18 Å². The Morgan fingerprint density at radius 3 is 1.00 bits per heavy atom. The normalized spacial score (nSPS) is 7.20. The second kappa shape index (κ2) is 9.13. The van der Waals surface area contributed by atoms with Crippen LogP contribution >= 0.6 is 54.1 Å². The summed E-state index contributed by atoms with van der Waals surface area (Å²) < 4.78 is 0. The summed E-state index contributed by atoms with van der Waals surface area (Å²) in [6, 6.07) is 0. The van der Waals surface area contributed by atoms with E-state index in [1.54, 1.807) is 0 Å². The summed E-state index contributed by atoms with van der Waals surface area (Å²) in [6.07, 6.45) is 0. The van der Waals surface area contributed by atoms with Gasteiger partial charge in [-0.1, -0.05) is 0 Å². The van der Waals surface area contributed by atoms with Crippen LogP contribution in [0.25, 0.3) is 0 Å². The molecule has 0 heterocycles. The molecule has 0 aliphatic rings. The third kappa shape index (κ3) is 17.6. The molecule has 5 heavy (non-hydrogen) atoms. The van der Waals surface area contributed by atoms with Crippen LogP contribution in [-0.4, -0.2) is 78.1 Å². The molecule has 0 fully saturated rings. The molecule has 0 aromatic rings. The maximum absolute atomic E-state index is 2.52. The van der Waals surface area contributed by atoms with Gasteiger partial charge >= 0.3 is 63.3 Å². The Kier molecular flexibility index (Phi) is 23.3. The van der Waals surface area contributed by atoms with Crippen LogP contribution in [0.4, 0.5) is 0 Å². The van der Waals surface area contributed by atoms with Crippen LogP contribution < -0.4 is 0 Å². The van der Waals surface area contributed by atoms with Gasteiger partial charge in [0.15, 0.2) is 0 Å². The SMILES string of the molecule is [Cs].[I][Bi]([I])[I]. The Morgan fingerprint density at radius 1 is 1.00 bits per heavy atom. The molecule has 0 aliphatic carbocycles. The van der Waals surface area contributed by atoms with Gasteiger partial charge in [0.1, 0.15) is 0 Å². The quantitative estimate of drug-likeness (QED) is 0.265. The summed E-state index contributed by atoms with van der Waals surface area (Å²) in [5, 5.41) is 0. The maximum atomic E-state index is 2.52. The van der Waals surface area contributed by atoms with E-state index in [9.17, 15) is 0 Å². The van der Waals surface area contributed by atoms with E-state index in [0.29, 0.717) is 0 Å². The summed E-state index contributed by atoms with van der Waals surface area (Å²) in [5.74, 6) is 0. The second-order valence-corrected chi connectivity index (χ2v) is 75.7. The zero-order valence-corrected chi connectivity index (χ0v) is 18.8. The Labute approximate surface area is 127 Å². The topological polar surface area (TPSA) is 0 Å². The van der Waals surface area contributed by atoms with Gasteiger partial charge in [-0.05, 0) is 0 Å².